The van der Waals surface area contributed by atoms with Crippen LogP contribution in [-0.4, -0.2) is 31.4 Å². The maximum absolute atomic E-state index is 12.4. The van der Waals surface area contributed by atoms with Crippen LogP contribution in [0.2, 0.25) is 0 Å². The molecule has 0 atom stereocenters. The Morgan fingerprint density at radius 2 is 2.18 bits per heavy atom. The van der Waals surface area contributed by atoms with Gasteiger partial charge in [-0.1, -0.05) is 6.92 Å². The number of hydrogen-bond donors (Lipinski definition) is 1. The zero-order valence-corrected chi connectivity index (χ0v) is 14.0. The van der Waals surface area contributed by atoms with Gasteiger partial charge in [0.25, 0.3) is 10.0 Å². The zero-order valence-electron chi connectivity index (χ0n) is 12.4. The summed E-state index contributed by atoms with van der Waals surface area (Å²) >= 11 is 1.30. The van der Waals surface area contributed by atoms with E-state index in [2.05, 4.69) is 9.82 Å². The number of anilines is 1. The summed E-state index contributed by atoms with van der Waals surface area (Å²) in [6.45, 7) is 3.45. The average molecular weight is 341 g/mol. The van der Waals surface area contributed by atoms with Crippen LogP contribution in [0.25, 0.3) is 0 Å². The molecule has 0 spiro atoms. The molecule has 22 heavy (non-hydrogen) atoms. The molecule has 0 aliphatic carbocycles. The first kappa shape index (κ1) is 15.5. The Morgan fingerprint density at radius 3 is 2.86 bits per heavy atom. The van der Waals surface area contributed by atoms with Gasteiger partial charge in [-0.05, 0) is 31.4 Å². The molecule has 3 rings (SSSR count). The fourth-order valence-electron chi connectivity index (χ4n) is 2.44. The first-order chi connectivity index (χ1) is 10.6. The highest BCUT2D eigenvalue weighted by molar-refractivity contribution is 7.94. The summed E-state index contributed by atoms with van der Waals surface area (Å²) in [6, 6.07) is 3.78. The normalized spacial score (nSPS) is 16.8. The predicted molar refractivity (Wildman–Crippen MR) is 85.8 cm³/mol. The maximum Gasteiger partial charge on any atom is 0.271 e. The summed E-state index contributed by atoms with van der Waals surface area (Å²) in [6.07, 6.45) is 5.95. The molecule has 0 bridgehead atoms. The van der Waals surface area contributed by atoms with Gasteiger partial charge in [0.2, 0.25) is 0 Å². The first-order valence-electron chi connectivity index (χ1n) is 7.32. The summed E-state index contributed by atoms with van der Waals surface area (Å²) < 4.78 is 34.8. The van der Waals surface area contributed by atoms with Crippen LogP contribution in [0.3, 0.4) is 0 Å². The third-order valence-corrected chi connectivity index (χ3v) is 6.77. The average Bonchev–Trinajstić information content (AvgIpc) is 3.17. The molecule has 1 aliphatic heterocycles. The highest BCUT2D eigenvalue weighted by Crippen LogP contribution is 2.26. The van der Waals surface area contributed by atoms with Crippen molar-refractivity contribution < 1.29 is 13.2 Å². The van der Waals surface area contributed by atoms with E-state index in [0.29, 0.717) is 9.90 Å². The zero-order chi connectivity index (χ0) is 15.6. The van der Waals surface area contributed by atoms with Crippen molar-refractivity contribution in [1.82, 2.24) is 9.78 Å². The summed E-state index contributed by atoms with van der Waals surface area (Å²) in [4.78, 5) is 1.05. The van der Waals surface area contributed by atoms with Crippen molar-refractivity contribution in [1.29, 1.82) is 0 Å². The van der Waals surface area contributed by atoms with E-state index >= 15 is 0 Å². The lowest BCUT2D eigenvalue weighted by atomic mass is 10.1. The predicted octanol–water partition coefficient (Wildman–Crippen LogP) is 2.66. The number of sulfonamides is 1. The number of hydrogen-bond acceptors (Lipinski definition) is 5. The van der Waals surface area contributed by atoms with E-state index in [0.717, 1.165) is 37.4 Å². The fraction of sp³-hybridized carbons (Fsp3) is 0.500. The molecule has 1 N–H and O–H groups in total. The van der Waals surface area contributed by atoms with Crippen LogP contribution in [0.5, 0.6) is 0 Å². The fourth-order valence-corrected chi connectivity index (χ4v) is 4.76. The third kappa shape index (κ3) is 3.34. The molecular weight excluding hydrogens is 322 g/mol. The number of aryl methyl sites for hydroxylation is 1. The van der Waals surface area contributed by atoms with E-state index < -0.39 is 10.0 Å². The molecule has 2 aromatic heterocycles. The minimum Gasteiger partial charge on any atom is -0.381 e. The quantitative estimate of drug-likeness (QED) is 0.907. The number of aromatic nitrogens is 2. The van der Waals surface area contributed by atoms with Gasteiger partial charge in [0, 0.05) is 24.3 Å². The van der Waals surface area contributed by atoms with E-state index in [1.807, 2.05) is 17.7 Å². The molecule has 0 radical (unpaired) electrons. The monoisotopic (exact) mass is 341 g/mol. The van der Waals surface area contributed by atoms with Crippen molar-refractivity contribution in [2.24, 2.45) is 0 Å². The summed E-state index contributed by atoms with van der Waals surface area (Å²) in [7, 11) is -3.53. The van der Waals surface area contributed by atoms with E-state index in [9.17, 15) is 8.42 Å². The van der Waals surface area contributed by atoms with Gasteiger partial charge in [-0.15, -0.1) is 11.3 Å². The van der Waals surface area contributed by atoms with Crippen molar-refractivity contribution in [2.75, 3.05) is 17.9 Å². The Kier molecular flexibility index (Phi) is 4.51. The van der Waals surface area contributed by atoms with E-state index in [4.69, 9.17) is 4.74 Å². The molecule has 6 nitrogen and oxygen atoms in total. The number of thiophene rings is 1. The molecule has 1 fully saturated rings. The van der Waals surface area contributed by atoms with Gasteiger partial charge in [-0.25, -0.2) is 8.42 Å². The Bertz CT molecular complexity index is 730. The highest BCUT2D eigenvalue weighted by atomic mass is 32.2. The molecule has 1 aliphatic rings. The molecule has 2 aromatic rings. The van der Waals surface area contributed by atoms with E-state index in [-0.39, 0.29) is 6.04 Å². The second-order valence-corrected chi connectivity index (χ2v) is 8.31. The molecule has 1 saturated heterocycles. The SMILES string of the molecule is CCc1ccc(S(=O)(=O)Nc2cnn(C3CCOCC3)c2)s1. The van der Waals surface area contributed by atoms with Gasteiger partial charge in [0.05, 0.1) is 17.9 Å². The standard InChI is InChI=1S/C14H19N3O3S2/c1-2-13-3-4-14(21-13)22(18,19)16-11-9-15-17(10-11)12-5-7-20-8-6-12/h3-4,9-10,12,16H,2,5-8H2,1H3. The van der Waals surface area contributed by atoms with Crippen LogP contribution in [0.15, 0.2) is 28.7 Å². The lowest BCUT2D eigenvalue weighted by molar-refractivity contribution is 0.0662. The molecule has 0 saturated carbocycles. The van der Waals surface area contributed by atoms with Gasteiger partial charge in [0.1, 0.15) is 4.21 Å². The Morgan fingerprint density at radius 1 is 1.41 bits per heavy atom. The summed E-state index contributed by atoms with van der Waals surface area (Å²) in [5.41, 5.74) is 0.498. The summed E-state index contributed by atoms with van der Waals surface area (Å²) in [5.74, 6) is 0. The smallest absolute Gasteiger partial charge is 0.271 e. The minimum absolute atomic E-state index is 0.278. The lowest BCUT2D eigenvalue weighted by Gasteiger charge is -2.22. The van der Waals surface area contributed by atoms with Gasteiger partial charge < -0.3 is 4.74 Å². The molecule has 0 aromatic carbocycles. The highest BCUT2D eigenvalue weighted by Gasteiger charge is 2.20. The third-order valence-electron chi connectivity index (χ3n) is 3.67. The van der Waals surface area contributed by atoms with Crippen LogP contribution in [-0.2, 0) is 21.2 Å². The number of rotatable bonds is 5. The largest absolute Gasteiger partial charge is 0.381 e. The van der Waals surface area contributed by atoms with Gasteiger partial charge in [0.15, 0.2) is 0 Å². The molecule has 0 amide bonds. The van der Waals surface area contributed by atoms with Crippen molar-refractivity contribution in [2.45, 2.75) is 36.4 Å². The van der Waals surface area contributed by atoms with Crippen molar-refractivity contribution >= 4 is 27.0 Å². The van der Waals surface area contributed by atoms with E-state index in [1.165, 1.54) is 11.3 Å². The molecule has 3 heterocycles. The minimum atomic E-state index is -3.53. The van der Waals surface area contributed by atoms with Crippen molar-refractivity contribution in [3.05, 3.63) is 29.4 Å². The maximum atomic E-state index is 12.4. The van der Waals surface area contributed by atoms with E-state index in [1.54, 1.807) is 18.5 Å². The van der Waals surface area contributed by atoms with Gasteiger partial charge in [-0.3, -0.25) is 9.40 Å². The molecular formula is C14H19N3O3S2. The van der Waals surface area contributed by atoms with Gasteiger partial charge >= 0.3 is 0 Å². The number of nitrogens with one attached hydrogen (secondary N) is 1. The van der Waals surface area contributed by atoms with Crippen LogP contribution >= 0.6 is 11.3 Å². The van der Waals surface area contributed by atoms with Gasteiger partial charge in [-0.2, -0.15) is 5.10 Å². The molecule has 120 valence electrons. The van der Waals surface area contributed by atoms with Crippen LogP contribution in [0.4, 0.5) is 5.69 Å². The second kappa shape index (κ2) is 6.39. The van der Waals surface area contributed by atoms with Crippen LogP contribution < -0.4 is 4.72 Å². The number of ether oxygens (including phenoxy) is 1. The number of nitrogens with zero attached hydrogens (tertiary/aromatic N) is 2. The van der Waals surface area contributed by atoms with Crippen molar-refractivity contribution in [3.8, 4) is 0 Å². The van der Waals surface area contributed by atoms with Crippen LogP contribution in [0.1, 0.15) is 30.7 Å². The lowest BCUT2D eigenvalue weighted by Crippen LogP contribution is -2.19. The van der Waals surface area contributed by atoms with Crippen molar-refractivity contribution in [3.63, 3.8) is 0 Å². The van der Waals surface area contributed by atoms with Crippen LogP contribution in [0, 0.1) is 0 Å². The Hall–Kier alpha value is -1.38. The molecule has 0 unspecified atom stereocenters. The second-order valence-electron chi connectivity index (χ2n) is 5.23. The summed E-state index contributed by atoms with van der Waals surface area (Å²) in [5, 5.41) is 4.28. The Labute approximate surface area is 134 Å². The first-order valence-corrected chi connectivity index (χ1v) is 9.62. The topological polar surface area (TPSA) is 73.2 Å². The molecule has 8 heteroatoms. The Balaban J connectivity index is 1.73.